The zero-order valence-electron chi connectivity index (χ0n) is 22.9. The Morgan fingerprint density at radius 3 is 2.67 bits per heavy atom. The van der Waals surface area contributed by atoms with Crippen LogP contribution in [0.4, 0.5) is 11.4 Å². The molecule has 0 saturated carbocycles. The highest BCUT2D eigenvalue weighted by atomic mass is 35.5. The molecule has 2 aromatic carbocycles. The predicted molar refractivity (Wildman–Crippen MR) is 159 cm³/mol. The standard InChI is InChI=1S/C32H28ClN3O7/c33-26-15-23(38)9-7-18(26)12-19(27-6-1-2-11-34-27)8-10-28-29-20(16-37)13-24-30(25(29)17-43-28)32(40)35(31(24)39)21-4-3-5-22(14-21)36(41)42/h1-7,9,11-12,14-15,24-25,28,30,37-38H,8,10,13,16-17H2/b19-12-/t24-,25+,28-,30-/m1/s1. The molecule has 3 aliphatic rings. The van der Waals surface area contributed by atoms with Crippen LogP contribution in [0, 0.1) is 27.9 Å². The number of hydrogen-bond acceptors (Lipinski definition) is 8. The van der Waals surface area contributed by atoms with Crippen LogP contribution in [0.5, 0.6) is 5.75 Å². The number of carbonyl (C=O) groups excluding carboxylic acids is 2. The number of aromatic hydroxyl groups is 1. The second-order valence-electron chi connectivity index (χ2n) is 10.9. The number of nitro benzene ring substituents is 1. The molecule has 1 aliphatic carbocycles. The first-order valence-electron chi connectivity index (χ1n) is 13.9. The summed E-state index contributed by atoms with van der Waals surface area (Å²) >= 11 is 6.39. The van der Waals surface area contributed by atoms with E-state index in [0.717, 1.165) is 27.3 Å². The molecule has 2 saturated heterocycles. The van der Waals surface area contributed by atoms with Gasteiger partial charge in [0.05, 0.1) is 52.5 Å². The van der Waals surface area contributed by atoms with Gasteiger partial charge in [-0.15, -0.1) is 0 Å². The van der Waals surface area contributed by atoms with Crippen LogP contribution < -0.4 is 4.90 Å². The van der Waals surface area contributed by atoms with E-state index in [1.54, 1.807) is 18.3 Å². The van der Waals surface area contributed by atoms with E-state index in [0.29, 0.717) is 23.4 Å². The molecule has 3 aromatic rings. The summed E-state index contributed by atoms with van der Waals surface area (Å²) < 4.78 is 6.24. The van der Waals surface area contributed by atoms with E-state index < -0.39 is 28.6 Å². The molecule has 10 nitrogen and oxygen atoms in total. The lowest BCUT2D eigenvalue weighted by molar-refractivity contribution is -0.384. The molecule has 0 spiro atoms. The van der Waals surface area contributed by atoms with Gasteiger partial charge >= 0.3 is 0 Å². The number of non-ortho nitro benzene ring substituents is 1. The van der Waals surface area contributed by atoms with E-state index in [1.165, 1.54) is 30.3 Å². The highest BCUT2D eigenvalue weighted by molar-refractivity contribution is 6.32. The molecular formula is C32H28ClN3O7. The number of anilines is 1. The summed E-state index contributed by atoms with van der Waals surface area (Å²) in [5.74, 6) is -2.51. The van der Waals surface area contributed by atoms with Gasteiger partial charge in [-0.05, 0) is 84.0 Å². The Hall–Kier alpha value is -4.38. The summed E-state index contributed by atoms with van der Waals surface area (Å²) in [5.41, 5.74) is 3.87. The maximum absolute atomic E-state index is 13.7. The van der Waals surface area contributed by atoms with Gasteiger partial charge in [-0.1, -0.05) is 23.7 Å². The van der Waals surface area contributed by atoms with Crippen molar-refractivity contribution in [3.05, 3.63) is 104 Å². The maximum atomic E-state index is 13.7. The molecule has 4 atom stereocenters. The Morgan fingerprint density at radius 1 is 1.12 bits per heavy atom. The topological polar surface area (TPSA) is 143 Å². The lowest BCUT2D eigenvalue weighted by Crippen LogP contribution is -2.35. The Kier molecular flexibility index (Phi) is 7.83. The quantitative estimate of drug-likeness (QED) is 0.156. The molecule has 2 amide bonds. The molecule has 2 N–H and O–H groups in total. The fourth-order valence-electron chi connectivity index (χ4n) is 6.55. The number of fused-ring (bicyclic) bond motifs is 3. The van der Waals surface area contributed by atoms with Crippen molar-refractivity contribution >= 4 is 46.4 Å². The van der Waals surface area contributed by atoms with Crippen molar-refractivity contribution in [3.63, 3.8) is 0 Å². The zero-order chi connectivity index (χ0) is 30.2. The number of benzene rings is 2. The zero-order valence-corrected chi connectivity index (χ0v) is 23.7. The SMILES string of the molecule is O=C1[C@@H]2[C@@H](CC(CO)=C3[C@@H](CC/C(=C/c4ccc(O)cc4Cl)c4ccccn4)OC[C@@H]32)C(=O)N1c1cccc([N+](=O)[O-])c1. The van der Waals surface area contributed by atoms with Gasteiger partial charge in [0.1, 0.15) is 5.75 Å². The number of aromatic nitrogens is 1. The minimum Gasteiger partial charge on any atom is -0.508 e. The molecule has 2 fully saturated rings. The summed E-state index contributed by atoms with van der Waals surface area (Å²) in [4.78, 5) is 43.6. The molecule has 11 heteroatoms. The van der Waals surface area contributed by atoms with E-state index in [9.17, 15) is 29.9 Å². The number of hydrogen-bond donors (Lipinski definition) is 2. The Bertz CT molecular complexity index is 1670. The number of amides is 2. The number of phenols is 1. The van der Waals surface area contributed by atoms with Crippen molar-refractivity contribution in [2.24, 2.45) is 17.8 Å². The number of aliphatic hydroxyl groups excluding tert-OH is 1. The summed E-state index contributed by atoms with van der Waals surface area (Å²) in [6, 6.07) is 15.9. The number of nitro groups is 1. The number of phenolic OH excluding ortho intramolecular Hbond substituents is 1. The summed E-state index contributed by atoms with van der Waals surface area (Å²) in [6.07, 6.45) is 4.52. The number of imide groups is 1. The molecule has 6 rings (SSSR count). The number of ether oxygens (including phenoxy) is 1. The van der Waals surface area contributed by atoms with E-state index in [-0.39, 0.29) is 48.8 Å². The van der Waals surface area contributed by atoms with E-state index in [1.807, 2.05) is 24.3 Å². The lowest BCUT2D eigenvalue weighted by Gasteiger charge is -2.31. The normalized spacial score (nSPS) is 23.5. The summed E-state index contributed by atoms with van der Waals surface area (Å²) in [5, 5.41) is 31.9. The summed E-state index contributed by atoms with van der Waals surface area (Å²) in [7, 11) is 0. The average Bonchev–Trinajstić information content (AvgIpc) is 3.54. The van der Waals surface area contributed by atoms with Crippen molar-refractivity contribution in [2.45, 2.75) is 25.4 Å². The molecule has 3 heterocycles. The lowest BCUT2D eigenvalue weighted by atomic mass is 9.69. The van der Waals surface area contributed by atoms with Crippen LogP contribution in [0.1, 0.15) is 30.5 Å². The number of halogens is 1. The first-order chi connectivity index (χ1) is 20.8. The van der Waals surface area contributed by atoms with Crippen LogP contribution >= 0.6 is 11.6 Å². The maximum Gasteiger partial charge on any atom is 0.271 e. The van der Waals surface area contributed by atoms with Gasteiger partial charge in [0.2, 0.25) is 11.8 Å². The van der Waals surface area contributed by atoms with Crippen LogP contribution in [0.3, 0.4) is 0 Å². The molecule has 2 aliphatic heterocycles. The van der Waals surface area contributed by atoms with Gasteiger partial charge in [-0.25, -0.2) is 4.90 Å². The van der Waals surface area contributed by atoms with Gasteiger partial charge in [0.15, 0.2) is 0 Å². The fourth-order valence-corrected chi connectivity index (χ4v) is 6.78. The third kappa shape index (κ3) is 5.33. The largest absolute Gasteiger partial charge is 0.508 e. The van der Waals surface area contributed by atoms with Crippen LogP contribution in [0.2, 0.25) is 5.02 Å². The van der Waals surface area contributed by atoms with Crippen LogP contribution in [-0.2, 0) is 14.3 Å². The second-order valence-corrected chi connectivity index (χ2v) is 11.3. The van der Waals surface area contributed by atoms with Gasteiger partial charge in [-0.3, -0.25) is 24.7 Å². The minimum atomic E-state index is -0.677. The van der Waals surface area contributed by atoms with Crippen molar-refractivity contribution in [2.75, 3.05) is 18.1 Å². The molecule has 43 heavy (non-hydrogen) atoms. The molecule has 220 valence electrons. The monoisotopic (exact) mass is 601 g/mol. The first-order valence-corrected chi connectivity index (χ1v) is 14.3. The van der Waals surface area contributed by atoms with E-state index >= 15 is 0 Å². The third-order valence-corrected chi connectivity index (χ3v) is 8.81. The molecule has 0 radical (unpaired) electrons. The number of aliphatic hydroxyl groups is 1. The van der Waals surface area contributed by atoms with E-state index in [4.69, 9.17) is 16.3 Å². The minimum absolute atomic E-state index is 0.0648. The Labute approximate surface area is 252 Å². The van der Waals surface area contributed by atoms with Gasteiger partial charge in [0, 0.05) is 24.2 Å². The van der Waals surface area contributed by atoms with Crippen molar-refractivity contribution in [1.29, 1.82) is 0 Å². The number of pyridine rings is 1. The molecule has 1 aromatic heterocycles. The predicted octanol–water partition coefficient (Wildman–Crippen LogP) is 5.18. The van der Waals surface area contributed by atoms with Gasteiger partial charge in [0.25, 0.3) is 5.69 Å². The van der Waals surface area contributed by atoms with Crippen molar-refractivity contribution < 1.29 is 29.5 Å². The molecular weight excluding hydrogens is 574 g/mol. The highest BCUT2D eigenvalue weighted by Crippen LogP contribution is 2.50. The van der Waals surface area contributed by atoms with Crippen LogP contribution in [0.25, 0.3) is 11.6 Å². The Morgan fingerprint density at radius 2 is 1.95 bits per heavy atom. The van der Waals surface area contributed by atoms with Crippen molar-refractivity contribution in [3.8, 4) is 5.75 Å². The first kappa shape index (κ1) is 28.7. The van der Waals surface area contributed by atoms with E-state index in [2.05, 4.69) is 4.98 Å². The highest BCUT2D eigenvalue weighted by Gasteiger charge is 2.57. The molecule has 0 bridgehead atoms. The van der Waals surface area contributed by atoms with Gasteiger partial charge < -0.3 is 14.9 Å². The second kappa shape index (κ2) is 11.7. The third-order valence-electron chi connectivity index (χ3n) is 8.48. The summed E-state index contributed by atoms with van der Waals surface area (Å²) in [6.45, 7) is -0.0435. The smallest absolute Gasteiger partial charge is 0.271 e. The van der Waals surface area contributed by atoms with Crippen molar-refractivity contribution in [1.82, 2.24) is 4.98 Å². The number of rotatable bonds is 8. The number of nitrogens with zero attached hydrogens (tertiary/aromatic N) is 3. The van der Waals surface area contributed by atoms with Crippen LogP contribution in [0.15, 0.2) is 78.0 Å². The van der Waals surface area contributed by atoms with Crippen LogP contribution in [-0.4, -0.2) is 51.3 Å². The average molecular weight is 602 g/mol. The molecule has 0 unspecified atom stereocenters. The fraction of sp³-hybridized carbons (Fsp3) is 0.281. The Balaban J connectivity index is 1.27. The van der Waals surface area contributed by atoms with Gasteiger partial charge in [-0.2, -0.15) is 0 Å². The number of allylic oxidation sites excluding steroid dienone is 1. The number of carbonyl (C=O) groups is 2.